The second-order valence-corrected chi connectivity index (χ2v) is 10.0. The molecule has 0 radical (unpaired) electrons. The number of carbonyl (C=O) groups excluding carboxylic acids is 3. The van der Waals surface area contributed by atoms with Crippen molar-refractivity contribution in [3.63, 3.8) is 0 Å². The molecule has 10 heteroatoms. The predicted octanol–water partition coefficient (Wildman–Crippen LogP) is 5.54. The first-order valence-electron chi connectivity index (χ1n) is 11.9. The van der Waals surface area contributed by atoms with Gasteiger partial charge in [-0.3, -0.25) is 9.59 Å². The fourth-order valence-corrected chi connectivity index (χ4v) is 5.18. The molecule has 3 atom stereocenters. The van der Waals surface area contributed by atoms with Crippen molar-refractivity contribution < 1.29 is 23.5 Å². The van der Waals surface area contributed by atoms with E-state index in [-0.39, 0.29) is 39.6 Å². The number of rotatable bonds is 7. The van der Waals surface area contributed by atoms with Crippen LogP contribution in [-0.2, 0) is 9.53 Å². The van der Waals surface area contributed by atoms with Crippen molar-refractivity contribution in [1.82, 2.24) is 5.32 Å². The number of ketones is 1. The van der Waals surface area contributed by atoms with Gasteiger partial charge in [-0.15, -0.1) is 0 Å². The van der Waals surface area contributed by atoms with Gasteiger partial charge in [0, 0.05) is 40.3 Å². The maximum atomic E-state index is 15.0. The van der Waals surface area contributed by atoms with Crippen molar-refractivity contribution in [2.45, 2.75) is 37.8 Å². The molecule has 0 bridgehead atoms. The van der Waals surface area contributed by atoms with Gasteiger partial charge in [0.1, 0.15) is 5.82 Å². The number of halogens is 3. The summed E-state index contributed by atoms with van der Waals surface area (Å²) >= 11 is 12.1. The van der Waals surface area contributed by atoms with Crippen molar-refractivity contribution in [2.24, 2.45) is 0 Å². The minimum Gasteiger partial charge on any atom is -0.465 e. The third-order valence-corrected chi connectivity index (χ3v) is 7.17. The first kappa shape index (κ1) is 27.6. The molecule has 0 aliphatic carbocycles. The molecule has 2 unspecified atom stereocenters. The number of nitrogens with one attached hydrogen (secondary N) is 2. The Morgan fingerprint density at radius 3 is 2.55 bits per heavy atom. The average Bonchev–Trinajstić information content (AvgIpc) is 3.29. The third kappa shape index (κ3) is 5.83. The summed E-state index contributed by atoms with van der Waals surface area (Å²) in [5.74, 6) is -2.42. The largest absolute Gasteiger partial charge is 0.465 e. The second-order valence-electron chi connectivity index (χ2n) is 9.20. The number of carbonyl (C=O) groups is 3. The lowest BCUT2D eigenvalue weighted by atomic mass is 9.88. The van der Waals surface area contributed by atoms with Crippen molar-refractivity contribution in [2.75, 3.05) is 18.2 Å². The number of methoxy groups -OCH3 is 1. The number of anilines is 2. The van der Waals surface area contributed by atoms with Crippen LogP contribution in [0, 0.1) is 12.7 Å². The lowest BCUT2D eigenvalue weighted by Crippen LogP contribution is -2.42. The Hall–Kier alpha value is -3.46. The summed E-state index contributed by atoms with van der Waals surface area (Å²) < 4.78 is 19.8. The molecule has 38 heavy (non-hydrogen) atoms. The Labute approximate surface area is 229 Å². The molecule has 1 aliphatic rings. The first-order valence-corrected chi connectivity index (χ1v) is 12.6. The molecule has 1 heterocycles. The van der Waals surface area contributed by atoms with Crippen molar-refractivity contribution >= 4 is 52.2 Å². The minimum absolute atomic E-state index is 0.000834. The number of nitrogen functional groups attached to an aromatic ring is 1. The fourth-order valence-electron chi connectivity index (χ4n) is 4.81. The van der Waals surface area contributed by atoms with Crippen LogP contribution in [0.5, 0.6) is 0 Å². The molecule has 1 aliphatic heterocycles. The van der Waals surface area contributed by atoms with Gasteiger partial charge in [0.05, 0.1) is 23.7 Å². The smallest absolute Gasteiger partial charge is 0.338 e. The van der Waals surface area contributed by atoms with E-state index in [1.54, 1.807) is 49.4 Å². The number of nitrogens with two attached hydrogens (primary N) is 1. The molecule has 3 aromatic rings. The summed E-state index contributed by atoms with van der Waals surface area (Å²) in [4.78, 5) is 38.5. The van der Waals surface area contributed by atoms with Crippen LogP contribution in [0.4, 0.5) is 15.8 Å². The maximum Gasteiger partial charge on any atom is 0.338 e. The summed E-state index contributed by atoms with van der Waals surface area (Å²) in [6.45, 7) is 1.68. The highest BCUT2D eigenvalue weighted by molar-refractivity contribution is 6.31. The van der Waals surface area contributed by atoms with E-state index in [1.165, 1.54) is 19.2 Å². The molecule has 4 rings (SSSR count). The Bertz CT molecular complexity index is 1410. The zero-order valence-corrected chi connectivity index (χ0v) is 22.2. The molecule has 3 aromatic carbocycles. The number of Topliss-reactive ketones (excluding diaryl/α,β-unsaturated/α-hetero) is 1. The monoisotopic (exact) mass is 557 g/mol. The van der Waals surface area contributed by atoms with E-state index in [9.17, 15) is 14.4 Å². The molecule has 1 amide bonds. The Morgan fingerprint density at radius 2 is 1.84 bits per heavy atom. The van der Waals surface area contributed by atoms with E-state index in [4.69, 9.17) is 33.7 Å². The van der Waals surface area contributed by atoms with E-state index in [1.807, 2.05) is 0 Å². The molecule has 0 saturated carbocycles. The quantitative estimate of drug-likeness (QED) is 0.200. The van der Waals surface area contributed by atoms with Crippen LogP contribution in [0.1, 0.15) is 50.6 Å². The lowest BCUT2D eigenvalue weighted by molar-refractivity contribution is -0.118. The maximum absolute atomic E-state index is 15.0. The van der Waals surface area contributed by atoms with Crippen LogP contribution >= 0.6 is 23.2 Å². The topological polar surface area (TPSA) is 111 Å². The van der Waals surface area contributed by atoms with Crippen LogP contribution in [0.3, 0.4) is 0 Å². The number of esters is 1. The summed E-state index contributed by atoms with van der Waals surface area (Å²) in [7, 11) is 1.26. The molecule has 198 valence electrons. The minimum atomic E-state index is -0.847. The highest BCUT2D eigenvalue weighted by atomic mass is 35.5. The molecular formula is C28H26Cl2FN3O4. The molecule has 7 nitrogen and oxygen atoms in total. The number of ether oxygens (including phenoxy) is 1. The number of hydrogen-bond acceptors (Lipinski definition) is 6. The highest BCUT2D eigenvalue weighted by Crippen LogP contribution is 2.37. The molecular weight excluding hydrogens is 532 g/mol. The van der Waals surface area contributed by atoms with E-state index >= 15 is 4.39 Å². The van der Waals surface area contributed by atoms with Gasteiger partial charge in [0.15, 0.2) is 5.78 Å². The van der Waals surface area contributed by atoms with Crippen LogP contribution in [0.15, 0.2) is 54.6 Å². The van der Waals surface area contributed by atoms with Gasteiger partial charge in [0.25, 0.3) is 0 Å². The zero-order chi connectivity index (χ0) is 27.6. The Kier molecular flexibility index (Phi) is 8.35. The number of amides is 1. The highest BCUT2D eigenvalue weighted by Gasteiger charge is 2.41. The van der Waals surface area contributed by atoms with E-state index in [2.05, 4.69) is 10.6 Å². The molecule has 1 saturated heterocycles. The predicted molar refractivity (Wildman–Crippen MR) is 145 cm³/mol. The van der Waals surface area contributed by atoms with Gasteiger partial charge in [-0.1, -0.05) is 41.4 Å². The third-order valence-electron chi connectivity index (χ3n) is 6.65. The molecule has 0 aromatic heterocycles. The van der Waals surface area contributed by atoms with Crippen LogP contribution < -0.4 is 16.4 Å². The van der Waals surface area contributed by atoms with Crippen LogP contribution in [-0.4, -0.2) is 36.9 Å². The van der Waals surface area contributed by atoms with Gasteiger partial charge < -0.3 is 21.1 Å². The van der Waals surface area contributed by atoms with Crippen LogP contribution in [0.25, 0.3) is 0 Å². The van der Waals surface area contributed by atoms with Gasteiger partial charge in [-0.2, -0.15) is 0 Å². The molecule has 1 fully saturated rings. The Morgan fingerprint density at radius 1 is 1.11 bits per heavy atom. The van der Waals surface area contributed by atoms with Gasteiger partial charge in [-0.05, 0) is 60.9 Å². The summed E-state index contributed by atoms with van der Waals surface area (Å²) in [6, 6.07) is 13.0. The molecule has 4 N–H and O–H groups in total. The van der Waals surface area contributed by atoms with Gasteiger partial charge >= 0.3 is 5.97 Å². The first-order chi connectivity index (χ1) is 18.1. The van der Waals surface area contributed by atoms with Crippen molar-refractivity contribution in [1.29, 1.82) is 0 Å². The van der Waals surface area contributed by atoms with E-state index in [0.717, 1.165) is 0 Å². The van der Waals surface area contributed by atoms with Crippen molar-refractivity contribution in [3.05, 3.63) is 92.7 Å². The second kappa shape index (κ2) is 11.5. The average molecular weight is 558 g/mol. The van der Waals surface area contributed by atoms with Gasteiger partial charge in [-0.25, -0.2) is 9.18 Å². The summed E-state index contributed by atoms with van der Waals surface area (Å²) in [5, 5.41) is 6.42. The fraction of sp³-hybridized carbons (Fsp3) is 0.250. The SMILES string of the molecule is COC(=O)c1cc(N)c(C(=O)C[C@H]2CC(c3cccc(Cl)c3F)C(C(=O)Nc3cccc(Cl)c3)N2)cc1C. The zero-order valence-electron chi connectivity index (χ0n) is 20.7. The van der Waals surface area contributed by atoms with Crippen molar-refractivity contribution in [3.8, 4) is 0 Å². The standard InChI is InChI=1S/C28H26Cl2FN3O4/c1-14-9-21(23(32)13-19(14)28(37)38-2)24(35)12-17-11-20(18-7-4-8-22(30)25(18)31)26(33-17)27(36)34-16-6-3-5-15(29)10-16/h3-10,13,17,20,26,33H,11-12,32H2,1-2H3,(H,34,36)/t17-,20?,26?/m1/s1. The number of hydrogen-bond donors (Lipinski definition) is 3. The van der Waals surface area contributed by atoms with E-state index in [0.29, 0.717) is 22.7 Å². The summed E-state index contributed by atoms with van der Waals surface area (Å²) in [6.07, 6.45) is 0.302. The number of benzene rings is 3. The normalized spacial score (nSPS) is 18.7. The lowest BCUT2D eigenvalue weighted by Gasteiger charge is -2.20. The number of aryl methyl sites for hydroxylation is 1. The molecule has 0 spiro atoms. The summed E-state index contributed by atoms with van der Waals surface area (Å²) in [5.41, 5.74) is 8.09. The van der Waals surface area contributed by atoms with Gasteiger partial charge in [0.2, 0.25) is 5.91 Å². The Balaban J connectivity index is 1.59. The van der Waals surface area contributed by atoms with Crippen LogP contribution in [0.2, 0.25) is 10.0 Å². The van der Waals surface area contributed by atoms with E-state index < -0.39 is 35.7 Å².